The van der Waals surface area contributed by atoms with Crippen LogP contribution < -0.4 is 5.32 Å². The Balaban J connectivity index is 1.37. The van der Waals surface area contributed by atoms with Gasteiger partial charge in [-0.25, -0.2) is 18.3 Å². The molecule has 168 valence electrons. The number of nitrogens with one attached hydrogen (secondary N) is 1. The molecule has 2 atom stereocenters. The first-order chi connectivity index (χ1) is 16.0. The third kappa shape index (κ3) is 4.06. The van der Waals surface area contributed by atoms with E-state index in [1.165, 1.54) is 16.9 Å². The van der Waals surface area contributed by atoms with Crippen LogP contribution in [0.1, 0.15) is 59.8 Å². The molecule has 3 aromatic heterocycles. The highest BCUT2D eigenvalue weighted by Gasteiger charge is 2.28. The molecule has 7 nitrogen and oxygen atoms in total. The van der Waals surface area contributed by atoms with Crippen LogP contribution in [-0.4, -0.2) is 36.5 Å². The molecule has 3 heterocycles. The number of carbonyl (C=O) groups excluding carboxylic acids is 1. The van der Waals surface area contributed by atoms with Gasteiger partial charge in [-0.15, -0.1) is 0 Å². The number of amides is 1. The number of nitrogens with zero attached hydrogens (tertiary/aromatic N) is 5. The van der Waals surface area contributed by atoms with Gasteiger partial charge in [-0.05, 0) is 49.9 Å². The van der Waals surface area contributed by atoms with Crippen LogP contribution in [0.3, 0.4) is 0 Å². The summed E-state index contributed by atoms with van der Waals surface area (Å²) in [5, 5.41) is 8.13. The largest absolute Gasteiger partial charge is 0.349 e. The quantitative estimate of drug-likeness (QED) is 0.364. The molecule has 1 aromatic carbocycles. The van der Waals surface area contributed by atoms with Crippen molar-refractivity contribution >= 4 is 22.6 Å². The van der Waals surface area contributed by atoms with Crippen LogP contribution in [0.25, 0.3) is 16.7 Å². The van der Waals surface area contributed by atoms with Crippen molar-refractivity contribution < 1.29 is 13.6 Å². The third-order valence-electron chi connectivity index (χ3n) is 6.22. The van der Waals surface area contributed by atoms with Gasteiger partial charge in [0.25, 0.3) is 18.1 Å². The van der Waals surface area contributed by atoms with Gasteiger partial charge in [0.1, 0.15) is 12.0 Å². The van der Waals surface area contributed by atoms with Crippen molar-refractivity contribution in [2.24, 2.45) is 0 Å². The third-order valence-corrected chi connectivity index (χ3v) is 6.22. The predicted molar refractivity (Wildman–Crippen MR) is 119 cm³/mol. The van der Waals surface area contributed by atoms with E-state index in [1.54, 1.807) is 12.3 Å². The number of alkyl halides is 2. The number of allylic oxidation sites excluding steroid dienone is 1. The number of rotatable bonds is 4. The normalized spacial score (nSPS) is 19.2. The highest BCUT2D eigenvalue weighted by molar-refractivity contribution is 6.06. The van der Waals surface area contributed by atoms with Crippen LogP contribution in [0.15, 0.2) is 61.1 Å². The minimum absolute atomic E-state index is 0.0613. The molecule has 1 unspecified atom stereocenters. The van der Waals surface area contributed by atoms with Crippen molar-refractivity contribution in [1.82, 2.24) is 29.9 Å². The molecule has 1 aliphatic rings. The number of hydrogen-bond acceptors (Lipinski definition) is 5. The number of fused-ring (bicyclic) bond motifs is 2. The second-order valence-electron chi connectivity index (χ2n) is 8.25. The van der Waals surface area contributed by atoms with Gasteiger partial charge in [-0.2, -0.15) is 10.1 Å². The molecular formula is C24H22F2N6O. The van der Waals surface area contributed by atoms with Gasteiger partial charge < -0.3 is 5.32 Å². The standard InChI is InChI=1S/C24H22F2N6O/c1-14-7-8-15(30-23(33)18-4-2-6-19-17(18)5-3-11-27-19)9-10-16(14)21-12-20(22(25)26)31-24-28-13-29-32(21)24/h2-6,11-13,15-16,22H,1,7-10H2,(H,30,33)/t15-,16?/m0/s1. The molecule has 1 aliphatic carbocycles. The Morgan fingerprint density at radius 3 is 2.88 bits per heavy atom. The summed E-state index contributed by atoms with van der Waals surface area (Å²) in [6.45, 7) is 4.22. The predicted octanol–water partition coefficient (Wildman–Crippen LogP) is 4.62. The first-order valence-corrected chi connectivity index (χ1v) is 10.8. The smallest absolute Gasteiger partial charge is 0.280 e. The van der Waals surface area contributed by atoms with Crippen molar-refractivity contribution in [2.75, 3.05) is 0 Å². The van der Waals surface area contributed by atoms with E-state index in [1.807, 2.05) is 24.3 Å². The zero-order chi connectivity index (χ0) is 22.9. The summed E-state index contributed by atoms with van der Waals surface area (Å²) in [5.74, 6) is -0.183. The van der Waals surface area contributed by atoms with Gasteiger partial charge in [0, 0.05) is 29.1 Å². The average Bonchev–Trinajstić information content (AvgIpc) is 3.23. The van der Waals surface area contributed by atoms with Gasteiger partial charge in [0.2, 0.25) is 0 Å². The van der Waals surface area contributed by atoms with E-state index in [0.717, 1.165) is 22.9 Å². The molecule has 33 heavy (non-hydrogen) atoms. The Bertz CT molecular complexity index is 1350. The maximum atomic E-state index is 13.4. The zero-order valence-corrected chi connectivity index (χ0v) is 17.8. The molecule has 5 rings (SSSR count). The molecule has 1 fully saturated rings. The first kappa shape index (κ1) is 21.1. The maximum absolute atomic E-state index is 13.4. The van der Waals surface area contributed by atoms with Crippen LogP contribution in [-0.2, 0) is 0 Å². The summed E-state index contributed by atoms with van der Waals surface area (Å²) >= 11 is 0. The van der Waals surface area contributed by atoms with E-state index in [0.29, 0.717) is 30.5 Å². The van der Waals surface area contributed by atoms with E-state index < -0.39 is 6.43 Å². The van der Waals surface area contributed by atoms with Gasteiger partial charge in [0.15, 0.2) is 0 Å². The number of halogens is 2. The average molecular weight is 448 g/mol. The molecule has 0 aliphatic heterocycles. The van der Waals surface area contributed by atoms with E-state index in [-0.39, 0.29) is 29.3 Å². The molecule has 1 saturated carbocycles. The Morgan fingerprint density at radius 2 is 2.03 bits per heavy atom. The van der Waals surface area contributed by atoms with Crippen LogP contribution in [0.5, 0.6) is 0 Å². The molecule has 1 amide bonds. The Labute approximate surface area is 188 Å². The molecular weight excluding hydrogens is 426 g/mol. The van der Waals surface area contributed by atoms with Crippen molar-refractivity contribution in [3.05, 3.63) is 78.0 Å². The van der Waals surface area contributed by atoms with Crippen LogP contribution in [0.4, 0.5) is 8.78 Å². The van der Waals surface area contributed by atoms with E-state index >= 15 is 0 Å². The number of pyridine rings is 1. The lowest BCUT2D eigenvalue weighted by atomic mass is 9.91. The summed E-state index contributed by atoms with van der Waals surface area (Å²) in [7, 11) is 0. The number of benzene rings is 1. The molecule has 0 radical (unpaired) electrons. The monoisotopic (exact) mass is 448 g/mol. The summed E-state index contributed by atoms with van der Waals surface area (Å²) in [6.07, 6.45) is 3.01. The molecule has 4 aromatic rings. The summed E-state index contributed by atoms with van der Waals surface area (Å²) in [5.41, 5.74) is 2.55. The molecule has 0 bridgehead atoms. The lowest BCUT2D eigenvalue weighted by molar-refractivity contribution is 0.0935. The Morgan fingerprint density at radius 1 is 1.15 bits per heavy atom. The van der Waals surface area contributed by atoms with Crippen molar-refractivity contribution in [3.63, 3.8) is 0 Å². The van der Waals surface area contributed by atoms with Crippen LogP contribution in [0, 0.1) is 0 Å². The molecule has 0 saturated heterocycles. The minimum Gasteiger partial charge on any atom is -0.349 e. The number of carbonyl (C=O) groups is 1. The minimum atomic E-state index is -2.70. The van der Waals surface area contributed by atoms with Gasteiger partial charge in [0.05, 0.1) is 11.2 Å². The zero-order valence-electron chi connectivity index (χ0n) is 17.8. The fourth-order valence-electron chi connectivity index (χ4n) is 4.53. The lowest BCUT2D eigenvalue weighted by Gasteiger charge is -2.19. The fraction of sp³-hybridized carbons (Fsp3) is 0.292. The Hall–Kier alpha value is -3.75. The summed E-state index contributed by atoms with van der Waals surface area (Å²) < 4.78 is 28.3. The summed E-state index contributed by atoms with van der Waals surface area (Å²) in [4.78, 5) is 25.3. The highest BCUT2D eigenvalue weighted by atomic mass is 19.3. The first-order valence-electron chi connectivity index (χ1n) is 10.8. The van der Waals surface area contributed by atoms with E-state index in [2.05, 4.69) is 31.9 Å². The van der Waals surface area contributed by atoms with Crippen LogP contribution in [0.2, 0.25) is 0 Å². The van der Waals surface area contributed by atoms with Crippen LogP contribution >= 0.6 is 0 Å². The SMILES string of the molecule is C=C1CC[C@H](NC(=O)c2cccc3ncccc23)CCC1c1cc(C(F)F)nc2ncnn12. The van der Waals surface area contributed by atoms with Gasteiger partial charge in [-0.3, -0.25) is 9.78 Å². The second-order valence-corrected chi connectivity index (χ2v) is 8.25. The number of hydrogen-bond donors (Lipinski definition) is 1. The van der Waals surface area contributed by atoms with Gasteiger partial charge >= 0.3 is 0 Å². The van der Waals surface area contributed by atoms with Crippen molar-refractivity contribution in [3.8, 4) is 0 Å². The molecule has 9 heteroatoms. The topological polar surface area (TPSA) is 85.1 Å². The second kappa shape index (κ2) is 8.65. The maximum Gasteiger partial charge on any atom is 0.280 e. The van der Waals surface area contributed by atoms with Gasteiger partial charge in [-0.1, -0.05) is 24.3 Å². The van der Waals surface area contributed by atoms with Crippen molar-refractivity contribution in [2.45, 2.75) is 44.1 Å². The van der Waals surface area contributed by atoms with Crippen molar-refractivity contribution in [1.29, 1.82) is 0 Å². The fourth-order valence-corrected chi connectivity index (χ4v) is 4.53. The van der Waals surface area contributed by atoms with E-state index in [9.17, 15) is 13.6 Å². The number of aromatic nitrogens is 5. The Kier molecular flexibility index (Phi) is 5.53. The lowest BCUT2D eigenvalue weighted by Crippen LogP contribution is -2.34. The summed E-state index contributed by atoms with van der Waals surface area (Å²) in [6, 6.07) is 10.5. The van der Waals surface area contributed by atoms with E-state index in [4.69, 9.17) is 0 Å². The molecule has 1 N–H and O–H groups in total. The highest BCUT2D eigenvalue weighted by Crippen LogP contribution is 2.36. The molecule has 0 spiro atoms.